The Labute approximate surface area is 148 Å². The van der Waals surface area contributed by atoms with Gasteiger partial charge in [-0.3, -0.25) is 0 Å². The molecule has 2 heteroatoms. The molecule has 1 aliphatic heterocycles. The quantitative estimate of drug-likeness (QED) is 0.739. The molecule has 0 fully saturated rings. The van der Waals surface area contributed by atoms with E-state index in [-0.39, 0.29) is 12.0 Å². The lowest BCUT2D eigenvalue weighted by molar-refractivity contribution is 0.0515. The highest BCUT2D eigenvalue weighted by Crippen LogP contribution is 2.46. The van der Waals surface area contributed by atoms with Crippen molar-refractivity contribution in [3.8, 4) is 5.75 Å². The summed E-state index contributed by atoms with van der Waals surface area (Å²) in [5, 5.41) is 11.8. The van der Waals surface area contributed by atoms with Crippen LogP contribution in [0.25, 0.3) is 0 Å². The first-order valence-corrected chi connectivity index (χ1v) is 8.77. The monoisotopic (exact) mass is 330 g/mol. The van der Waals surface area contributed by atoms with Gasteiger partial charge in [0.25, 0.3) is 0 Å². The average molecular weight is 330 g/mol. The number of rotatable bonds is 4. The molecule has 1 heterocycles. The molecule has 25 heavy (non-hydrogen) atoms. The van der Waals surface area contributed by atoms with E-state index in [1.807, 2.05) is 78.9 Å². The number of aliphatic hydroxyl groups is 1. The molecule has 0 unspecified atom stereocenters. The molecule has 2 atom stereocenters. The van der Waals surface area contributed by atoms with Gasteiger partial charge >= 0.3 is 0 Å². The summed E-state index contributed by atoms with van der Waals surface area (Å²) in [6.07, 6.45) is 0.621. The third kappa shape index (κ3) is 2.83. The van der Waals surface area contributed by atoms with E-state index in [2.05, 4.69) is 13.0 Å². The highest BCUT2D eigenvalue weighted by atomic mass is 16.5. The van der Waals surface area contributed by atoms with E-state index in [0.717, 1.165) is 16.9 Å². The van der Waals surface area contributed by atoms with E-state index in [1.54, 1.807) is 0 Å². The van der Waals surface area contributed by atoms with Gasteiger partial charge in [-0.1, -0.05) is 78.9 Å². The molecule has 0 aromatic heterocycles. The smallest absolute Gasteiger partial charge is 0.123 e. The first-order chi connectivity index (χ1) is 12.2. The summed E-state index contributed by atoms with van der Waals surface area (Å²) in [6, 6.07) is 28.0. The van der Waals surface area contributed by atoms with Crippen molar-refractivity contribution in [2.24, 2.45) is 0 Å². The van der Waals surface area contributed by atoms with Crippen LogP contribution in [-0.2, 0) is 5.60 Å². The molecule has 126 valence electrons. The Morgan fingerprint density at radius 1 is 0.800 bits per heavy atom. The minimum atomic E-state index is -1.05. The minimum absolute atomic E-state index is 0.0383. The van der Waals surface area contributed by atoms with Crippen molar-refractivity contribution in [3.05, 3.63) is 102 Å². The molecule has 0 amide bonds. The highest BCUT2D eigenvalue weighted by Gasteiger charge is 2.40. The van der Waals surface area contributed by atoms with Crippen molar-refractivity contribution in [1.82, 2.24) is 0 Å². The molecule has 2 nitrogen and oxygen atoms in total. The van der Waals surface area contributed by atoms with E-state index in [4.69, 9.17) is 4.74 Å². The maximum absolute atomic E-state index is 11.8. The van der Waals surface area contributed by atoms with Gasteiger partial charge in [-0.05, 0) is 30.5 Å². The highest BCUT2D eigenvalue weighted by molar-refractivity contribution is 5.43. The van der Waals surface area contributed by atoms with E-state index < -0.39 is 5.60 Å². The molecular formula is C23H22O2. The first kappa shape index (κ1) is 15.9. The van der Waals surface area contributed by atoms with Crippen LogP contribution in [0.15, 0.2) is 84.9 Å². The third-order valence-electron chi connectivity index (χ3n) is 5.22. The van der Waals surface area contributed by atoms with Gasteiger partial charge in [-0.25, -0.2) is 0 Å². The third-order valence-corrected chi connectivity index (χ3v) is 5.22. The second kappa shape index (κ2) is 6.38. The zero-order chi connectivity index (χ0) is 17.3. The number of para-hydroxylation sites is 1. The summed E-state index contributed by atoms with van der Waals surface area (Å²) in [6.45, 7) is 2.08. The predicted octanol–water partition coefficient (Wildman–Crippen LogP) is 4.88. The second-order valence-electron chi connectivity index (χ2n) is 6.76. The molecule has 4 rings (SSSR count). The van der Waals surface area contributed by atoms with E-state index in [0.29, 0.717) is 6.42 Å². The maximum Gasteiger partial charge on any atom is 0.123 e. The van der Waals surface area contributed by atoms with Crippen molar-refractivity contribution in [3.63, 3.8) is 0 Å². The molecule has 0 aliphatic carbocycles. The van der Waals surface area contributed by atoms with Crippen molar-refractivity contribution in [1.29, 1.82) is 0 Å². The van der Waals surface area contributed by atoms with Crippen LogP contribution in [-0.4, -0.2) is 11.2 Å². The molecular weight excluding hydrogens is 308 g/mol. The van der Waals surface area contributed by atoms with Crippen LogP contribution in [0.2, 0.25) is 0 Å². The Bertz CT molecular complexity index is 803. The number of fused-ring (bicyclic) bond motifs is 1. The lowest BCUT2D eigenvalue weighted by Gasteiger charge is -2.33. The van der Waals surface area contributed by atoms with E-state index >= 15 is 0 Å². The zero-order valence-corrected chi connectivity index (χ0v) is 14.3. The van der Waals surface area contributed by atoms with Crippen molar-refractivity contribution < 1.29 is 9.84 Å². The van der Waals surface area contributed by atoms with Gasteiger partial charge in [0.05, 0.1) is 0 Å². The molecule has 1 N–H and O–H groups in total. The average Bonchev–Trinajstić information content (AvgIpc) is 2.98. The standard InChI is InChI=1S/C23H22O2/c1-17-21(20-14-8-9-15-22(20)25-17)16-23(24,18-10-4-2-5-11-18)19-12-6-3-7-13-19/h2-15,17,21,24H,16H2,1H3/t17-,21-/m1/s1. The van der Waals surface area contributed by atoms with Gasteiger partial charge in [0.15, 0.2) is 0 Å². The zero-order valence-electron chi connectivity index (χ0n) is 14.3. The minimum Gasteiger partial charge on any atom is -0.490 e. The van der Waals surface area contributed by atoms with Crippen LogP contribution in [0, 0.1) is 0 Å². The molecule has 0 radical (unpaired) electrons. The second-order valence-corrected chi connectivity index (χ2v) is 6.76. The van der Waals surface area contributed by atoms with Crippen LogP contribution in [0.1, 0.15) is 36.0 Å². The fourth-order valence-electron chi connectivity index (χ4n) is 3.85. The molecule has 0 saturated carbocycles. The molecule has 1 aliphatic rings. The fraction of sp³-hybridized carbons (Fsp3) is 0.217. The number of hydrogen-bond acceptors (Lipinski definition) is 2. The van der Waals surface area contributed by atoms with Gasteiger partial charge in [-0.2, -0.15) is 0 Å². The van der Waals surface area contributed by atoms with Crippen molar-refractivity contribution in [2.75, 3.05) is 0 Å². The van der Waals surface area contributed by atoms with Crippen LogP contribution < -0.4 is 4.74 Å². The SMILES string of the molecule is C[C@H]1Oc2ccccc2[C@@H]1CC(O)(c1ccccc1)c1ccccc1. The molecule has 3 aromatic rings. The predicted molar refractivity (Wildman–Crippen MR) is 99.8 cm³/mol. The van der Waals surface area contributed by atoms with Crippen LogP contribution in [0.4, 0.5) is 0 Å². The van der Waals surface area contributed by atoms with Crippen LogP contribution in [0.3, 0.4) is 0 Å². The van der Waals surface area contributed by atoms with Gasteiger partial charge < -0.3 is 9.84 Å². The number of ether oxygens (including phenoxy) is 1. The van der Waals surface area contributed by atoms with E-state index in [1.165, 1.54) is 5.56 Å². The Balaban J connectivity index is 1.78. The molecule has 3 aromatic carbocycles. The number of hydrogen-bond donors (Lipinski definition) is 1. The summed E-state index contributed by atoms with van der Waals surface area (Å²) in [7, 11) is 0. The van der Waals surface area contributed by atoms with Gasteiger partial charge in [0, 0.05) is 11.5 Å². The fourth-order valence-corrected chi connectivity index (χ4v) is 3.85. The van der Waals surface area contributed by atoms with Gasteiger partial charge in [-0.15, -0.1) is 0 Å². The largest absolute Gasteiger partial charge is 0.490 e. The molecule has 0 saturated heterocycles. The van der Waals surface area contributed by atoms with Crippen molar-refractivity contribution in [2.45, 2.75) is 31.0 Å². The van der Waals surface area contributed by atoms with E-state index in [9.17, 15) is 5.11 Å². The first-order valence-electron chi connectivity index (χ1n) is 8.77. The van der Waals surface area contributed by atoms with Gasteiger partial charge in [0.2, 0.25) is 0 Å². The summed E-state index contributed by atoms with van der Waals surface area (Å²) >= 11 is 0. The van der Waals surface area contributed by atoms with Gasteiger partial charge in [0.1, 0.15) is 17.5 Å². The van der Waals surface area contributed by atoms with Crippen LogP contribution >= 0.6 is 0 Å². The lowest BCUT2D eigenvalue weighted by atomic mass is 9.76. The van der Waals surface area contributed by atoms with Crippen molar-refractivity contribution >= 4 is 0 Å². The lowest BCUT2D eigenvalue weighted by Crippen LogP contribution is -2.32. The summed E-state index contributed by atoms with van der Waals surface area (Å²) < 4.78 is 6.03. The number of benzene rings is 3. The Morgan fingerprint density at radius 3 is 1.92 bits per heavy atom. The summed E-state index contributed by atoms with van der Waals surface area (Å²) in [5.74, 6) is 1.07. The summed E-state index contributed by atoms with van der Waals surface area (Å²) in [4.78, 5) is 0. The molecule has 0 spiro atoms. The topological polar surface area (TPSA) is 29.5 Å². The normalized spacial score (nSPS) is 19.3. The Kier molecular flexibility index (Phi) is 4.06. The molecule has 0 bridgehead atoms. The Hall–Kier alpha value is -2.58. The van der Waals surface area contributed by atoms with Crippen LogP contribution in [0.5, 0.6) is 5.75 Å². The summed E-state index contributed by atoms with van der Waals surface area (Å²) in [5.41, 5.74) is 1.96. The Morgan fingerprint density at radius 2 is 1.32 bits per heavy atom. The maximum atomic E-state index is 11.8.